The lowest BCUT2D eigenvalue weighted by Gasteiger charge is -2.34. The number of carbonyl (C=O) groups is 3. The van der Waals surface area contributed by atoms with Crippen LogP contribution in [0.15, 0.2) is 0 Å². The van der Waals surface area contributed by atoms with Crippen molar-refractivity contribution in [3.8, 4) is 0 Å². The first-order valence-electron chi connectivity index (χ1n) is 8.57. The number of amides is 3. The molecule has 2 atom stereocenters. The number of piperidine rings is 1. The molecule has 130 valence electrons. The number of rotatable bonds is 4. The molecule has 2 fully saturated rings. The molecule has 2 heterocycles. The minimum Gasteiger partial charge on any atom is -0.349 e. The second kappa shape index (κ2) is 7.32. The number of likely N-dealkylation sites (tertiary alicyclic amines) is 2. The highest BCUT2D eigenvalue weighted by atomic mass is 16.2. The van der Waals surface area contributed by atoms with E-state index < -0.39 is 0 Å². The third-order valence-electron chi connectivity index (χ3n) is 4.67. The van der Waals surface area contributed by atoms with Crippen LogP contribution in [0.4, 0.5) is 0 Å². The first-order valence-corrected chi connectivity index (χ1v) is 8.57. The number of nitrogens with zero attached hydrogens (tertiary/aromatic N) is 3. The van der Waals surface area contributed by atoms with Crippen molar-refractivity contribution in [3.63, 3.8) is 0 Å². The standard InChI is InChI=1S/C17H29N3O3/c1-12(2)9-20-11-14(8-15(20)21)17(23)19-7-5-6-13(10-19)16(22)18(3)4/h12-14H,5-11H2,1-4H3. The fourth-order valence-corrected chi connectivity index (χ4v) is 3.56. The highest BCUT2D eigenvalue weighted by Crippen LogP contribution is 2.25. The molecular weight excluding hydrogens is 294 g/mol. The van der Waals surface area contributed by atoms with Crippen LogP contribution in [0.3, 0.4) is 0 Å². The summed E-state index contributed by atoms with van der Waals surface area (Å²) in [7, 11) is 3.51. The summed E-state index contributed by atoms with van der Waals surface area (Å²) < 4.78 is 0. The van der Waals surface area contributed by atoms with Gasteiger partial charge in [-0.25, -0.2) is 0 Å². The summed E-state index contributed by atoms with van der Waals surface area (Å²) in [5, 5.41) is 0. The summed E-state index contributed by atoms with van der Waals surface area (Å²) in [6.45, 7) is 6.58. The topological polar surface area (TPSA) is 60.9 Å². The van der Waals surface area contributed by atoms with Gasteiger partial charge in [0.1, 0.15) is 0 Å². The molecule has 2 aliphatic heterocycles. The number of hydrogen-bond acceptors (Lipinski definition) is 3. The molecule has 2 saturated heterocycles. The average Bonchev–Trinajstić information content (AvgIpc) is 2.86. The Balaban J connectivity index is 1.95. The van der Waals surface area contributed by atoms with Gasteiger partial charge in [0, 0.05) is 46.7 Å². The van der Waals surface area contributed by atoms with Crippen LogP contribution in [0.5, 0.6) is 0 Å². The molecule has 3 amide bonds. The number of carbonyl (C=O) groups excluding carboxylic acids is 3. The Morgan fingerprint density at radius 2 is 1.91 bits per heavy atom. The molecule has 6 nitrogen and oxygen atoms in total. The number of hydrogen-bond donors (Lipinski definition) is 0. The zero-order valence-corrected chi connectivity index (χ0v) is 14.7. The molecule has 6 heteroatoms. The molecule has 0 N–H and O–H groups in total. The van der Waals surface area contributed by atoms with Crippen LogP contribution in [0.2, 0.25) is 0 Å². The molecule has 0 aromatic rings. The summed E-state index contributed by atoms with van der Waals surface area (Å²) in [5.74, 6) is 0.271. The van der Waals surface area contributed by atoms with Gasteiger partial charge in [0.2, 0.25) is 17.7 Å². The van der Waals surface area contributed by atoms with E-state index in [1.54, 1.807) is 28.8 Å². The summed E-state index contributed by atoms with van der Waals surface area (Å²) in [4.78, 5) is 42.1. The van der Waals surface area contributed by atoms with Gasteiger partial charge in [-0.3, -0.25) is 14.4 Å². The highest BCUT2D eigenvalue weighted by molar-refractivity contribution is 5.89. The minimum atomic E-state index is -0.241. The van der Waals surface area contributed by atoms with E-state index in [-0.39, 0.29) is 29.6 Å². The average molecular weight is 323 g/mol. The van der Waals surface area contributed by atoms with Crippen molar-refractivity contribution in [1.29, 1.82) is 0 Å². The zero-order chi connectivity index (χ0) is 17.1. The largest absolute Gasteiger partial charge is 0.349 e. The Kier molecular flexibility index (Phi) is 5.65. The lowest BCUT2D eigenvalue weighted by molar-refractivity contribution is -0.141. The van der Waals surface area contributed by atoms with Gasteiger partial charge in [0.05, 0.1) is 11.8 Å². The van der Waals surface area contributed by atoms with Crippen LogP contribution in [-0.2, 0) is 14.4 Å². The molecule has 0 saturated carbocycles. The van der Waals surface area contributed by atoms with Crippen molar-refractivity contribution in [2.75, 3.05) is 40.3 Å². The van der Waals surface area contributed by atoms with E-state index in [1.165, 1.54) is 0 Å². The first kappa shape index (κ1) is 17.8. The van der Waals surface area contributed by atoms with Gasteiger partial charge in [-0.15, -0.1) is 0 Å². The van der Waals surface area contributed by atoms with Gasteiger partial charge in [0.15, 0.2) is 0 Å². The molecule has 0 radical (unpaired) electrons. The first-order chi connectivity index (χ1) is 10.8. The minimum absolute atomic E-state index is 0.0425. The molecule has 23 heavy (non-hydrogen) atoms. The normalized spacial score (nSPS) is 25.2. The van der Waals surface area contributed by atoms with Gasteiger partial charge >= 0.3 is 0 Å². The molecule has 0 aliphatic carbocycles. The van der Waals surface area contributed by atoms with E-state index >= 15 is 0 Å². The zero-order valence-electron chi connectivity index (χ0n) is 14.7. The molecule has 0 spiro atoms. The highest BCUT2D eigenvalue weighted by Gasteiger charge is 2.38. The Morgan fingerprint density at radius 1 is 1.22 bits per heavy atom. The second-order valence-corrected chi connectivity index (χ2v) is 7.45. The van der Waals surface area contributed by atoms with Crippen molar-refractivity contribution in [3.05, 3.63) is 0 Å². The third-order valence-corrected chi connectivity index (χ3v) is 4.67. The third kappa shape index (κ3) is 4.24. The van der Waals surface area contributed by atoms with Crippen LogP contribution in [-0.4, -0.2) is 72.7 Å². The van der Waals surface area contributed by atoms with Gasteiger partial charge < -0.3 is 14.7 Å². The maximum Gasteiger partial charge on any atom is 0.228 e. The Morgan fingerprint density at radius 3 is 2.52 bits per heavy atom. The van der Waals surface area contributed by atoms with Crippen molar-refractivity contribution in [2.24, 2.45) is 17.8 Å². The lowest BCUT2D eigenvalue weighted by Crippen LogP contribution is -2.47. The molecular formula is C17H29N3O3. The summed E-state index contributed by atoms with van der Waals surface area (Å²) in [6, 6.07) is 0. The smallest absolute Gasteiger partial charge is 0.228 e. The molecule has 2 aliphatic rings. The predicted octanol–water partition coefficient (Wildman–Crippen LogP) is 0.818. The molecule has 0 aromatic heterocycles. The van der Waals surface area contributed by atoms with Gasteiger partial charge in [0.25, 0.3) is 0 Å². The van der Waals surface area contributed by atoms with Gasteiger partial charge in [-0.2, -0.15) is 0 Å². The van der Waals surface area contributed by atoms with E-state index in [9.17, 15) is 14.4 Å². The van der Waals surface area contributed by atoms with Crippen molar-refractivity contribution < 1.29 is 14.4 Å². The summed E-state index contributed by atoms with van der Waals surface area (Å²) >= 11 is 0. The van der Waals surface area contributed by atoms with Crippen molar-refractivity contribution in [1.82, 2.24) is 14.7 Å². The lowest BCUT2D eigenvalue weighted by atomic mass is 9.95. The maximum atomic E-state index is 12.7. The molecule has 0 bridgehead atoms. The SMILES string of the molecule is CC(C)CN1CC(C(=O)N2CCCC(C(=O)N(C)C)C2)CC1=O. The Bertz CT molecular complexity index is 476. The monoisotopic (exact) mass is 323 g/mol. The summed E-state index contributed by atoms with van der Waals surface area (Å²) in [6.07, 6.45) is 2.00. The summed E-state index contributed by atoms with van der Waals surface area (Å²) in [5.41, 5.74) is 0. The fraction of sp³-hybridized carbons (Fsp3) is 0.824. The van der Waals surface area contributed by atoms with Crippen LogP contribution in [0.1, 0.15) is 33.1 Å². The van der Waals surface area contributed by atoms with Crippen LogP contribution in [0.25, 0.3) is 0 Å². The van der Waals surface area contributed by atoms with Gasteiger partial charge in [-0.05, 0) is 18.8 Å². The van der Waals surface area contributed by atoms with E-state index in [4.69, 9.17) is 0 Å². The maximum absolute atomic E-state index is 12.7. The second-order valence-electron chi connectivity index (χ2n) is 7.45. The van der Waals surface area contributed by atoms with Gasteiger partial charge in [-0.1, -0.05) is 13.8 Å². The van der Waals surface area contributed by atoms with Crippen molar-refractivity contribution in [2.45, 2.75) is 33.1 Å². The van der Waals surface area contributed by atoms with E-state index in [1.807, 2.05) is 0 Å². The Hall–Kier alpha value is -1.59. The molecule has 2 rings (SSSR count). The molecule has 2 unspecified atom stereocenters. The molecule has 0 aromatic carbocycles. The van der Waals surface area contributed by atoms with Crippen molar-refractivity contribution >= 4 is 17.7 Å². The van der Waals surface area contributed by atoms with E-state index in [0.717, 1.165) is 12.8 Å². The van der Waals surface area contributed by atoms with Crippen LogP contribution < -0.4 is 0 Å². The predicted molar refractivity (Wildman–Crippen MR) is 87.5 cm³/mol. The fourth-order valence-electron chi connectivity index (χ4n) is 3.56. The van der Waals surface area contributed by atoms with Crippen LogP contribution >= 0.6 is 0 Å². The Labute approximate surface area is 138 Å². The van der Waals surface area contributed by atoms with E-state index in [0.29, 0.717) is 38.5 Å². The van der Waals surface area contributed by atoms with Crippen LogP contribution in [0, 0.1) is 17.8 Å². The van der Waals surface area contributed by atoms with E-state index in [2.05, 4.69) is 13.8 Å². The quantitative estimate of drug-likeness (QED) is 0.769.